The zero-order valence-corrected chi connectivity index (χ0v) is 18.4. The Morgan fingerprint density at radius 3 is 2.48 bits per heavy atom. The van der Waals surface area contributed by atoms with Gasteiger partial charge in [-0.15, -0.1) is 0 Å². The van der Waals surface area contributed by atoms with E-state index in [4.69, 9.17) is 21.6 Å². The van der Waals surface area contributed by atoms with Gasteiger partial charge in [-0.25, -0.2) is 0 Å². The molecule has 6 nitrogen and oxygen atoms in total. The Labute approximate surface area is 176 Å². The van der Waals surface area contributed by atoms with Gasteiger partial charge in [0, 0.05) is 35.2 Å². The highest BCUT2D eigenvalue weighted by Crippen LogP contribution is 2.55. The van der Waals surface area contributed by atoms with Crippen LogP contribution in [0.4, 0.5) is 0 Å². The monoisotopic (exact) mass is 414 g/mol. The summed E-state index contributed by atoms with van der Waals surface area (Å²) in [6.07, 6.45) is 3.23. The van der Waals surface area contributed by atoms with Crippen LogP contribution in [0.1, 0.15) is 63.5 Å². The Morgan fingerprint density at radius 1 is 1.31 bits per heavy atom. The third kappa shape index (κ3) is 3.72. The molecule has 1 amide bonds. The summed E-state index contributed by atoms with van der Waals surface area (Å²) in [4.78, 5) is 12.8. The van der Waals surface area contributed by atoms with E-state index >= 15 is 0 Å². The molecule has 2 aromatic rings. The van der Waals surface area contributed by atoms with Crippen LogP contribution in [0.2, 0.25) is 5.02 Å². The molecule has 154 valence electrons. The fourth-order valence-electron chi connectivity index (χ4n) is 4.55. The van der Waals surface area contributed by atoms with E-state index in [1.807, 2.05) is 19.9 Å². The molecule has 1 heterocycles. The topological polar surface area (TPSA) is 79.9 Å². The number of hydrogen-bond donors (Lipinski definition) is 1. The fraction of sp³-hybridized carbons (Fsp3) is 0.500. The van der Waals surface area contributed by atoms with Gasteiger partial charge in [0.15, 0.2) is 0 Å². The summed E-state index contributed by atoms with van der Waals surface area (Å²) in [6, 6.07) is 7.24. The first-order valence-electron chi connectivity index (χ1n) is 9.69. The number of nitrogens with one attached hydrogen (secondary N) is 1. The molecule has 0 radical (unpaired) electrons. The van der Waals surface area contributed by atoms with Crippen molar-refractivity contribution in [3.63, 3.8) is 0 Å². The van der Waals surface area contributed by atoms with Crippen LogP contribution in [-0.4, -0.2) is 27.8 Å². The largest absolute Gasteiger partial charge is 0.489 e. The summed E-state index contributed by atoms with van der Waals surface area (Å²) >= 11 is 6.14. The van der Waals surface area contributed by atoms with E-state index in [0.717, 1.165) is 0 Å². The number of benzene rings is 1. The van der Waals surface area contributed by atoms with Crippen LogP contribution in [0.15, 0.2) is 30.6 Å². The number of hydrogen-bond acceptors (Lipinski definition) is 4. The average molecular weight is 415 g/mol. The van der Waals surface area contributed by atoms with Gasteiger partial charge in [0.1, 0.15) is 17.9 Å². The lowest BCUT2D eigenvalue weighted by Gasteiger charge is -2.63. The van der Waals surface area contributed by atoms with Crippen molar-refractivity contribution in [1.82, 2.24) is 15.1 Å². The van der Waals surface area contributed by atoms with Crippen molar-refractivity contribution in [3.8, 4) is 11.8 Å². The van der Waals surface area contributed by atoms with Crippen molar-refractivity contribution in [2.24, 2.45) is 10.8 Å². The molecule has 3 rings (SSSR count). The third-order valence-electron chi connectivity index (χ3n) is 5.82. The smallest absolute Gasteiger partial charge is 0.254 e. The minimum Gasteiger partial charge on any atom is -0.489 e. The van der Waals surface area contributed by atoms with Gasteiger partial charge in [-0.3, -0.25) is 9.48 Å². The number of ether oxygens (including phenoxy) is 1. The summed E-state index contributed by atoms with van der Waals surface area (Å²) in [5.74, 6) is 0.478. The lowest BCUT2D eigenvalue weighted by atomic mass is 9.49. The highest BCUT2D eigenvalue weighted by Gasteiger charge is 2.64. The Bertz CT molecular complexity index is 955. The second kappa shape index (κ2) is 7.38. The standard InChI is InChI=1S/C22H27ClN4O2/c1-13(2)27-12-15(11-25-27)18(28)26-19-21(3,4)20(22(19,5)6)29-16-8-7-14(10-24)17(23)9-16/h7-9,11-13,19-20H,1-6H3,(H,26,28). The van der Waals surface area contributed by atoms with Gasteiger partial charge in [0.25, 0.3) is 5.91 Å². The molecule has 1 N–H and O–H groups in total. The number of halogens is 1. The van der Waals surface area contributed by atoms with E-state index in [-0.39, 0.29) is 34.9 Å². The quantitative estimate of drug-likeness (QED) is 0.775. The number of carbonyl (C=O) groups excluding carboxylic acids is 1. The number of nitrogens with zero attached hydrogens (tertiary/aromatic N) is 3. The number of rotatable bonds is 5. The van der Waals surface area contributed by atoms with Crippen LogP contribution in [-0.2, 0) is 0 Å². The predicted molar refractivity (Wildman–Crippen MR) is 112 cm³/mol. The number of aromatic nitrogens is 2. The second-order valence-electron chi connectivity index (χ2n) is 9.10. The first-order valence-corrected chi connectivity index (χ1v) is 10.1. The molecule has 0 aliphatic heterocycles. The van der Waals surface area contributed by atoms with Crippen LogP contribution in [0.3, 0.4) is 0 Å². The van der Waals surface area contributed by atoms with Crippen LogP contribution >= 0.6 is 11.6 Å². The molecule has 0 spiro atoms. The molecule has 0 unspecified atom stereocenters. The highest BCUT2D eigenvalue weighted by molar-refractivity contribution is 6.31. The molecule has 1 fully saturated rings. The molecule has 1 saturated carbocycles. The number of nitriles is 1. The molecular weight excluding hydrogens is 388 g/mol. The SMILES string of the molecule is CC(C)n1cc(C(=O)NC2C(C)(C)C(Oc3ccc(C#N)c(Cl)c3)C2(C)C)cn1. The summed E-state index contributed by atoms with van der Waals surface area (Å²) in [5.41, 5.74) is 0.369. The maximum absolute atomic E-state index is 12.8. The number of amides is 1. The van der Waals surface area contributed by atoms with Crippen molar-refractivity contribution >= 4 is 17.5 Å². The first kappa shape index (κ1) is 21.2. The molecule has 0 saturated heterocycles. The van der Waals surface area contributed by atoms with Gasteiger partial charge in [-0.2, -0.15) is 10.4 Å². The third-order valence-corrected chi connectivity index (χ3v) is 6.14. The molecule has 29 heavy (non-hydrogen) atoms. The first-order chi connectivity index (χ1) is 13.5. The van der Waals surface area contributed by atoms with E-state index < -0.39 is 0 Å². The Balaban J connectivity index is 1.75. The van der Waals surface area contributed by atoms with Crippen molar-refractivity contribution in [1.29, 1.82) is 5.26 Å². The fourth-order valence-corrected chi connectivity index (χ4v) is 4.76. The van der Waals surface area contributed by atoms with Crippen molar-refractivity contribution in [3.05, 3.63) is 46.7 Å². The van der Waals surface area contributed by atoms with E-state index in [0.29, 0.717) is 21.9 Å². The zero-order chi connectivity index (χ0) is 21.6. The van der Waals surface area contributed by atoms with Crippen LogP contribution < -0.4 is 10.1 Å². The summed E-state index contributed by atoms with van der Waals surface area (Å²) in [7, 11) is 0. The lowest BCUT2D eigenvalue weighted by molar-refractivity contribution is -0.164. The molecular formula is C22H27ClN4O2. The van der Waals surface area contributed by atoms with E-state index in [2.05, 4.69) is 38.1 Å². The molecule has 0 atom stereocenters. The average Bonchev–Trinajstić information content (AvgIpc) is 3.14. The Kier molecular flexibility index (Phi) is 5.40. The summed E-state index contributed by atoms with van der Waals surface area (Å²) in [5, 5.41) is 16.8. The molecule has 7 heteroatoms. The summed E-state index contributed by atoms with van der Waals surface area (Å²) in [6.45, 7) is 12.4. The maximum Gasteiger partial charge on any atom is 0.254 e. The number of carbonyl (C=O) groups is 1. The Morgan fingerprint density at radius 2 is 1.97 bits per heavy atom. The maximum atomic E-state index is 12.8. The van der Waals surface area contributed by atoms with Gasteiger partial charge in [-0.1, -0.05) is 39.3 Å². The summed E-state index contributed by atoms with van der Waals surface area (Å²) < 4.78 is 8.02. The van der Waals surface area contributed by atoms with Crippen molar-refractivity contribution in [2.75, 3.05) is 0 Å². The van der Waals surface area contributed by atoms with Gasteiger partial charge in [0.05, 0.1) is 22.3 Å². The lowest BCUT2D eigenvalue weighted by Crippen LogP contribution is -2.74. The van der Waals surface area contributed by atoms with Gasteiger partial charge >= 0.3 is 0 Å². The second-order valence-corrected chi connectivity index (χ2v) is 9.51. The molecule has 0 bridgehead atoms. The molecule has 1 aliphatic rings. The van der Waals surface area contributed by atoms with E-state index in [1.54, 1.807) is 35.3 Å². The van der Waals surface area contributed by atoms with Crippen LogP contribution in [0.25, 0.3) is 0 Å². The van der Waals surface area contributed by atoms with Gasteiger partial charge in [-0.05, 0) is 26.0 Å². The van der Waals surface area contributed by atoms with E-state index in [9.17, 15) is 4.79 Å². The zero-order valence-electron chi connectivity index (χ0n) is 17.7. The van der Waals surface area contributed by atoms with Gasteiger partial charge < -0.3 is 10.1 Å². The highest BCUT2D eigenvalue weighted by atomic mass is 35.5. The minimum absolute atomic E-state index is 0.0799. The van der Waals surface area contributed by atoms with Crippen LogP contribution in [0.5, 0.6) is 5.75 Å². The van der Waals surface area contributed by atoms with Gasteiger partial charge in [0.2, 0.25) is 0 Å². The van der Waals surface area contributed by atoms with Crippen LogP contribution in [0, 0.1) is 22.2 Å². The van der Waals surface area contributed by atoms with Crippen molar-refractivity contribution in [2.45, 2.75) is 59.7 Å². The normalized spacial score (nSPS) is 21.9. The minimum atomic E-state index is -0.298. The van der Waals surface area contributed by atoms with Crippen molar-refractivity contribution < 1.29 is 9.53 Å². The molecule has 1 aromatic heterocycles. The Hall–Kier alpha value is -2.52. The van der Waals surface area contributed by atoms with E-state index in [1.165, 1.54) is 0 Å². The molecule has 1 aliphatic carbocycles. The molecule has 1 aromatic carbocycles. The predicted octanol–water partition coefficient (Wildman–Crippen LogP) is 4.60.